The van der Waals surface area contributed by atoms with E-state index in [1.807, 2.05) is 20.8 Å². The van der Waals surface area contributed by atoms with Gasteiger partial charge in [-0.05, 0) is 11.8 Å². The molecule has 9 N–H and O–H groups in total. The van der Waals surface area contributed by atoms with Gasteiger partial charge in [0.15, 0.2) is 0 Å². The zero-order chi connectivity index (χ0) is 19.8. The molecule has 0 aromatic carbocycles. The lowest BCUT2D eigenvalue weighted by Gasteiger charge is -2.49. The summed E-state index contributed by atoms with van der Waals surface area (Å²) in [7, 11) is 0. The van der Waals surface area contributed by atoms with E-state index in [9.17, 15) is 25.5 Å². The normalized spacial score (nSPS) is 47.8. The van der Waals surface area contributed by atoms with Crippen molar-refractivity contribution >= 4 is 0 Å². The van der Waals surface area contributed by atoms with Crippen LogP contribution in [0.25, 0.3) is 0 Å². The summed E-state index contributed by atoms with van der Waals surface area (Å²) in [4.78, 5) is 0. The third-order valence-electron chi connectivity index (χ3n) is 5.56. The van der Waals surface area contributed by atoms with Crippen molar-refractivity contribution in [1.29, 1.82) is 0 Å². The molecule has 2 fully saturated rings. The zero-order valence-corrected chi connectivity index (χ0v) is 15.6. The lowest BCUT2D eigenvalue weighted by Crippen LogP contribution is -2.67. The molecule has 0 aromatic rings. The highest BCUT2D eigenvalue weighted by Crippen LogP contribution is 2.35. The largest absolute Gasteiger partial charge is 0.396 e. The molecule has 0 spiro atoms. The first-order valence-electron chi connectivity index (χ1n) is 9.10. The minimum absolute atomic E-state index is 0.204. The van der Waals surface area contributed by atoms with Gasteiger partial charge in [0.05, 0.1) is 43.1 Å². The second-order valence-corrected chi connectivity index (χ2v) is 8.59. The second kappa shape index (κ2) is 8.34. The summed E-state index contributed by atoms with van der Waals surface area (Å²) in [6, 6.07) is -1.64. The van der Waals surface area contributed by atoms with Gasteiger partial charge in [-0.1, -0.05) is 20.8 Å². The maximum absolute atomic E-state index is 10.7. The molecule has 1 saturated heterocycles. The number of hydrogen-bond donors (Lipinski definition) is 7. The Morgan fingerprint density at radius 2 is 1.58 bits per heavy atom. The Hall–Kier alpha value is -0.360. The van der Waals surface area contributed by atoms with E-state index in [0.717, 1.165) is 0 Å². The molecule has 1 heterocycles. The molecule has 0 bridgehead atoms. The van der Waals surface area contributed by atoms with E-state index in [4.69, 9.17) is 20.9 Å². The van der Waals surface area contributed by atoms with E-state index in [2.05, 4.69) is 0 Å². The number of aliphatic hydroxyl groups excluding tert-OH is 5. The fourth-order valence-corrected chi connectivity index (χ4v) is 3.92. The molecule has 26 heavy (non-hydrogen) atoms. The number of aliphatic hydroxyl groups is 5. The quantitative estimate of drug-likeness (QED) is 0.275. The lowest BCUT2D eigenvalue weighted by molar-refractivity contribution is -0.247. The van der Waals surface area contributed by atoms with Crippen molar-refractivity contribution < 1.29 is 35.0 Å². The summed E-state index contributed by atoms with van der Waals surface area (Å²) in [6.45, 7) is 5.09. The molecular weight excluding hydrogens is 344 g/mol. The Balaban J connectivity index is 2.16. The Kier molecular flexibility index (Phi) is 7.03. The van der Waals surface area contributed by atoms with Gasteiger partial charge in [0.25, 0.3) is 0 Å². The Labute approximate surface area is 153 Å². The van der Waals surface area contributed by atoms with Gasteiger partial charge in [-0.2, -0.15) is 0 Å². The van der Waals surface area contributed by atoms with Gasteiger partial charge in [0.2, 0.25) is 0 Å². The highest BCUT2D eigenvalue weighted by Gasteiger charge is 2.50. The Morgan fingerprint density at radius 3 is 2.08 bits per heavy atom. The molecule has 10 atom stereocenters. The van der Waals surface area contributed by atoms with E-state index in [1.54, 1.807) is 0 Å². The molecule has 0 aromatic heterocycles. The number of nitrogens with two attached hydrogens (primary N) is 2. The third-order valence-corrected chi connectivity index (χ3v) is 5.56. The summed E-state index contributed by atoms with van der Waals surface area (Å²) >= 11 is 0. The average Bonchev–Trinajstić information content (AvgIpc) is 2.58. The van der Waals surface area contributed by atoms with Crippen LogP contribution in [0.5, 0.6) is 0 Å². The summed E-state index contributed by atoms with van der Waals surface area (Å²) in [5.74, 6) is -0.597. The molecule has 1 saturated carbocycles. The molecule has 1 aliphatic heterocycles. The van der Waals surface area contributed by atoms with Crippen LogP contribution in [0.1, 0.15) is 27.2 Å². The molecule has 0 radical (unpaired) electrons. The van der Waals surface area contributed by atoms with Crippen molar-refractivity contribution in [1.82, 2.24) is 0 Å². The van der Waals surface area contributed by atoms with Crippen LogP contribution in [-0.4, -0.2) is 93.6 Å². The number of ether oxygens (including phenoxy) is 2. The number of rotatable bonds is 4. The van der Waals surface area contributed by atoms with Crippen molar-refractivity contribution in [3.63, 3.8) is 0 Å². The van der Waals surface area contributed by atoms with Crippen LogP contribution in [0.15, 0.2) is 0 Å². The molecule has 154 valence electrons. The van der Waals surface area contributed by atoms with Gasteiger partial charge < -0.3 is 46.5 Å². The standard InChI is InChI=1S/C17H34N2O7/c1-17(2,3)16-11(19)14(24)15(9(6-21)26-16)25-8-4-7(5-20)12(22)13(23)10(8)18/h7-16,20-24H,4-6,18-19H2,1-3H3/t7?,8?,9-,10?,11?,12?,13?,14?,15?,16+/m0/s1. The van der Waals surface area contributed by atoms with E-state index >= 15 is 0 Å². The van der Waals surface area contributed by atoms with Crippen LogP contribution in [0.3, 0.4) is 0 Å². The third kappa shape index (κ3) is 4.21. The predicted molar refractivity (Wildman–Crippen MR) is 93.0 cm³/mol. The second-order valence-electron chi connectivity index (χ2n) is 8.59. The fraction of sp³-hybridized carbons (Fsp3) is 1.00. The zero-order valence-electron chi connectivity index (χ0n) is 15.6. The van der Waals surface area contributed by atoms with E-state index in [-0.39, 0.29) is 25.0 Å². The van der Waals surface area contributed by atoms with Crippen molar-refractivity contribution in [3.8, 4) is 0 Å². The molecule has 2 rings (SSSR count). The SMILES string of the molecule is CC(C)(C)[C@@H]1O[C@@H](CO)C(OC2CC(CO)C(O)C(O)C2N)C(O)C1N. The highest BCUT2D eigenvalue weighted by atomic mass is 16.6. The maximum atomic E-state index is 10.7. The molecule has 8 unspecified atom stereocenters. The Bertz CT molecular complexity index is 457. The van der Waals surface area contributed by atoms with Crippen molar-refractivity contribution in [2.24, 2.45) is 22.8 Å². The number of hydrogen-bond acceptors (Lipinski definition) is 9. The summed E-state index contributed by atoms with van der Waals surface area (Å²) in [5.41, 5.74) is 11.8. The average molecular weight is 378 g/mol. The summed E-state index contributed by atoms with van der Waals surface area (Å²) in [5, 5.41) is 49.9. The van der Waals surface area contributed by atoms with Crippen LogP contribution in [0.2, 0.25) is 0 Å². The smallest absolute Gasteiger partial charge is 0.114 e. The molecule has 9 nitrogen and oxygen atoms in total. The molecule has 2 aliphatic rings. The van der Waals surface area contributed by atoms with Crippen LogP contribution in [0, 0.1) is 11.3 Å². The van der Waals surface area contributed by atoms with E-state index in [1.165, 1.54) is 0 Å². The van der Waals surface area contributed by atoms with Crippen LogP contribution in [0.4, 0.5) is 0 Å². The van der Waals surface area contributed by atoms with Crippen molar-refractivity contribution in [2.45, 2.75) is 82.0 Å². The predicted octanol–water partition coefficient (Wildman–Crippen LogP) is -2.70. The van der Waals surface area contributed by atoms with Gasteiger partial charge in [0.1, 0.15) is 18.3 Å². The van der Waals surface area contributed by atoms with Gasteiger partial charge >= 0.3 is 0 Å². The van der Waals surface area contributed by atoms with Crippen molar-refractivity contribution in [2.75, 3.05) is 13.2 Å². The molecular formula is C17H34N2O7. The first-order valence-corrected chi connectivity index (χ1v) is 9.10. The van der Waals surface area contributed by atoms with Gasteiger partial charge in [0, 0.05) is 12.5 Å². The lowest BCUT2D eigenvalue weighted by atomic mass is 9.78. The minimum Gasteiger partial charge on any atom is -0.396 e. The first-order chi connectivity index (χ1) is 12.0. The molecule has 0 amide bonds. The minimum atomic E-state index is -1.27. The summed E-state index contributed by atoms with van der Waals surface area (Å²) < 4.78 is 11.8. The molecule has 1 aliphatic carbocycles. The summed E-state index contributed by atoms with van der Waals surface area (Å²) in [6.07, 6.45) is -6.28. The van der Waals surface area contributed by atoms with Gasteiger partial charge in [-0.15, -0.1) is 0 Å². The highest BCUT2D eigenvalue weighted by molar-refractivity contribution is 5.02. The van der Waals surface area contributed by atoms with Gasteiger partial charge in [-0.3, -0.25) is 0 Å². The van der Waals surface area contributed by atoms with E-state index < -0.39 is 60.7 Å². The van der Waals surface area contributed by atoms with E-state index in [0.29, 0.717) is 0 Å². The molecule has 9 heteroatoms. The van der Waals surface area contributed by atoms with Crippen LogP contribution in [-0.2, 0) is 9.47 Å². The first kappa shape index (κ1) is 21.9. The fourth-order valence-electron chi connectivity index (χ4n) is 3.92. The topological polar surface area (TPSA) is 172 Å². The monoisotopic (exact) mass is 378 g/mol. The van der Waals surface area contributed by atoms with Crippen molar-refractivity contribution in [3.05, 3.63) is 0 Å². The van der Waals surface area contributed by atoms with Crippen LogP contribution < -0.4 is 11.5 Å². The maximum Gasteiger partial charge on any atom is 0.114 e. The van der Waals surface area contributed by atoms with Gasteiger partial charge in [-0.25, -0.2) is 0 Å². The van der Waals surface area contributed by atoms with Crippen LogP contribution >= 0.6 is 0 Å². The Morgan fingerprint density at radius 1 is 0.962 bits per heavy atom.